The molecule has 0 spiro atoms. The summed E-state index contributed by atoms with van der Waals surface area (Å²) in [5.41, 5.74) is 1.31. The van der Waals surface area contributed by atoms with Gasteiger partial charge in [0.1, 0.15) is 12.1 Å². The minimum Gasteiger partial charge on any atom is -0.478 e. The van der Waals surface area contributed by atoms with Crippen LogP contribution in [-0.4, -0.2) is 64.7 Å². The third-order valence-corrected chi connectivity index (χ3v) is 5.91. The van der Waals surface area contributed by atoms with E-state index in [1.165, 1.54) is 17.7 Å². The zero-order valence-corrected chi connectivity index (χ0v) is 20.5. The molecule has 3 aromatic heterocycles. The average Bonchev–Trinajstić information content (AvgIpc) is 3.29. The zero-order valence-electron chi connectivity index (χ0n) is 19.7. The first-order valence-electron chi connectivity index (χ1n) is 11.3. The van der Waals surface area contributed by atoms with Crippen molar-refractivity contribution in [1.82, 2.24) is 24.8 Å². The smallest absolute Gasteiger partial charge is 0.325 e. The number of carbonyl (C=O) groups is 1. The van der Waals surface area contributed by atoms with Crippen LogP contribution in [0.5, 0.6) is 5.88 Å². The maximum Gasteiger partial charge on any atom is 0.325 e. The second-order valence-corrected chi connectivity index (χ2v) is 9.12. The van der Waals surface area contributed by atoms with E-state index in [-0.39, 0.29) is 6.03 Å². The summed E-state index contributed by atoms with van der Waals surface area (Å²) < 4.78 is 5.75. The van der Waals surface area contributed by atoms with Crippen molar-refractivity contribution < 1.29 is 9.53 Å². The second kappa shape index (κ2) is 12.0. The van der Waals surface area contributed by atoms with Gasteiger partial charge in [-0.1, -0.05) is 18.2 Å². The minimum atomic E-state index is -0.323. The van der Waals surface area contributed by atoms with Crippen molar-refractivity contribution in [2.24, 2.45) is 0 Å². The molecule has 3 heterocycles. The van der Waals surface area contributed by atoms with Gasteiger partial charge in [-0.25, -0.2) is 19.7 Å². The van der Waals surface area contributed by atoms with Gasteiger partial charge in [0.25, 0.3) is 0 Å². The molecule has 0 aliphatic carbocycles. The van der Waals surface area contributed by atoms with E-state index < -0.39 is 0 Å². The monoisotopic (exact) mass is 492 g/mol. The fraction of sp³-hybridized carbons (Fsp3) is 0.292. The second-order valence-electron chi connectivity index (χ2n) is 8.00. The highest BCUT2D eigenvalue weighted by Crippen LogP contribution is 2.22. The molecular weight excluding hydrogens is 464 g/mol. The van der Waals surface area contributed by atoms with Crippen molar-refractivity contribution in [3.8, 4) is 5.88 Å². The molecule has 0 fully saturated rings. The van der Waals surface area contributed by atoms with Crippen LogP contribution in [0.1, 0.15) is 11.3 Å². The largest absolute Gasteiger partial charge is 0.478 e. The van der Waals surface area contributed by atoms with Crippen LogP contribution in [0.3, 0.4) is 0 Å². The first-order chi connectivity index (χ1) is 17.1. The molecule has 35 heavy (non-hydrogen) atoms. The molecule has 0 saturated carbocycles. The number of ether oxygens (including phenoxy) is 1. The van der Waals surface area contributed by atoms with Crippen molar-refractivity contribution in [1.29, 1.82) is 0 Å². The lowest BCUT2D eigenvalue weighted by atomic mass is 10.3. The number of carbonyl (C=O) groups excluding carboxylic acids is 1. The SMILES string of the molecule is CN(C)CCCOc1ccc2c(NCCc3cnc(NC(=O)Nc4ccccc4)s3)ncnc2n1. The Hall–Kier alpha value is -3.83. The molecular formula is C24H28N8O2S. The fourth-order valence-electron chi connectivity index (χ4n) is 3.27. The Morgan fingerprint density at radius 3 is 2.74 bits per heavy atom. The lowest BCUT2D eigenvalue weighted by Gasteiger charge is -2.11. The number of para-hydroxylation sites is 1. The number of urea groups is 1. The molecule has 3 N–H and O–H groups in total. The maximum absolute atomic E-state index is 12.1. The number of thiazole rings is 1. The van der Waals surface area contributed by atoms with Gasteiger partial charge in [-0.05, 0) is 38.7 Å². The van der Waals surface area contributed by atoms with Gasteiger partial charge >= 0.3 is 6.03 Å². The normalized spacial score (nSPS) is 10.9. The number of hydrogen-bond acceptors (Lipinski definition) is 9. The van der Waals surface area contributed by atoms with Crippen LogP contribution in [0.25, 0.3) is 11.0 Å². The van der Waals surface area contributed by atoms with Gasteiger partial charge < -0.3 is 20.3 Å². The molecule has 11 heteroatoms. The quantitative estimate of drug-likeness (QED) is 0.268. The first-order valence-corrected chi connectivity index (χ1v) is 12.1. The number of amides is 2. The predicted molar refractivity (Wildman–Crippen MR) is 139 cm³/mol. The van der Waals surface area contributed by atoms with E-state index in [1.54, 1.807) is 6.20 Å². The highest BCUT2D eigenvalue weighted by Gasteiger charge is 2.09. The van der Waals surface area contributed by atoms with Crippen LogP contribution < -0.4 is 20.7 Å². The summed E-state index contributed by atoms with van der Waals surface area (Å²) in [5.74, 6) is 1.27. The van der Waals surface area contributed by atoms with Gasteiger partial charge in [0.15, 0.2) is 10.8 Å². The van der Waals surface area contributed by atoms with Gasteiger partial charge in [0.2, 0.25) is 5.88 Å². The average molecular weight is 493 g/mol. The molecule has 10 nitrogen and oxygen atoms in total. The van der Waals surface area contributed by atoms with Crippen LogP contribution >= 0.6 is 11.3 Å². The first kappa shape index (κ1) is 24.3. The van der Waals surface area contributed by atoms with Crippen LogP contribution in [-0.2, 0) is 6.42 Å². The molecule has 4 aromatic rings. The van der Waals surface area contributed by atoms with Crippen LogP contribution in [0.2, 0.25) is 0 Å². The Bertz CT molecular complexity index is 1250. The Morgan fingerprint density at radius 1 is 1.06 bits per heavy atom. The maximum atomic E-state index is 12.1. The third kappa shape index (κ3) is 7.33. The Labute approximate surface area is 207 Å². The summed E-state index contributed by atoms with van der Waals surface area (Å²) >= 11 is 1.44. The Kier molecular flexibility index (Phi) is 8.36. The zero-order chi connectivity index (χ0) is 24.5. The number of anilines is 3. The fourth-order valence-corrected chi connectivity index (χ4v) is 4.08. The standard InChI is InChI=1S/C24H28N8O2S/c1-32(2)13-6-14-34-20-10-9-19-21(27-16-28-22(19)30-20)25-12-11-18-15-26-24(35-18)31-23(33)29-17-7-4-3-5-8-17/h3-5,7-10,15-16H,6,11-14H2,1-2H3,(H,25,27,28,30)(H2,26,29,31,33). The molecule has 4 rings (SSSR count). The third-order valence-electron chi connectivity index (χ3n) is 4.94. The molecule has 0 radical (unpaired) electrons. The lowest BCUT2D eigenvalue weighted by molar-refractivity contribution is 0.262. The summed E-state index contributed by atoms with van der Waals surface area (Å²) in [7, 11) is 4.08. The van der Waals surface area contributed by atoms with Crippen LogP contribution in [0, 0.1) is 0 Å². The van der Waals surface area contributed by atoms with E-state index in [2.05, 4.69) is 40.8 Å². The molecule has 1 aromatic carbocycles. The van der Waals surface area contributed by atoms with Crippen molar-refractivity contribution in [2.45, 2.75) is 12.8 Å². The highest BCUT2D eigenvalue weighted by atomic mass is 32.1. The number of nitrogens with one attached hydrogen (secondary N) is 3. The summed E-state index contributed by atoms with van der Waals surface area (Å²) in [6, 6.07) is 12.7. The van der Waals surface area contributed by atoms with Crippen molar-refractivity contribution in [2.75, 3.05) is 49.7 Å². The summed E-state index contributed by atoms with van der Waals surface area (Å²) in [6.45, 7) is 2.21. The van der Waals surface area contributed by atoms with Crippen LogP contribution in [0.4, 0.5) is 21.4 Å². The van der Waals surface area contributed by atoms with E-state index in [9.17, 15) is 4.79 Å². The number of aromatic nitrogens is 4. The van der Waals surface area contributed by atoms with E-state index in [0.29, 0.717) is 35.6 Å². The summed E-state index contributed by atoms with van der Waals surface area (Å²) in [6.07, 6.45) is 4.92. The number of hydrogen-bond donors (Lipinski definition) is 3. The number of pyridine rings is 1. The summed E-state index contributed by atoms with van der Waals surface area (Å²) in [5, 5.41) is 10.3. The van der Waals surface area contributed by atoms with Gasteiger partial charge in [-0.3, -0.25) is 5.32 Å². The molecule has 0 saturated heterocycles. The van der Waals surface area contributed by atoms with Gasteiger partial charge in [-0.15, -0.1) is 11.3 Å². The van der Waals surface area contributed by atoms with Gasteiger partial charge in [-0.2, -0.15) is 4.98 Å². The number of nitrogens with zero attached hydrogens (tertiary/aromatic N) is 5. The summed E-state index contributed by atoms with van der Waals surface area (Å²) in [4.78, 5) is 32.7. The van der Waals surface area contributed by atoms with Crippen molar-refractivity contribution in [3.63, 3.8) is 0 Å². The molecule has 0 atom stereocenters. The lowest BCUT2D eigenvalue weighted by Crippen LogP contribution is -2.19. The van der Waals surface area contributed by atoms with E-state index in [0.717, 1.165) is 35.3 Å². The molecule has 0 unspecified atom stereocenters. The molecule has 182 valence electrons. The molecule has 0 bridgehead atoms. The molecule has 0 aliphatic rings. The number of rotatable bonds is 11. The molecule has 0 aliphatic heterocycles. The van der Waals surface area contributed by atoms with Crippen LogP contribution in [0.15, 0.2) is 55.0 Å². The highest BCUT2D eigenvalue weighted by molar-refractivity contribution is 7.15. The van der Waals surface area contributed by atoms with Crippen molar-refractivity contribution >= 4 is 45.0 Å². The topological polar surface area (TPSA) is 117 Å². The van der Waals surface area contributed by atoms with Crippen molar-refractivity contribution in [3.05, 3.63) is 59.9 Å². The Balaban J connectivity index is 1.27. The van der Waals surface area contributed by atoms with E-state index in [1.807, 2.05) is 56.6 Å². The number of benzene rings is 1. The van der Waals surface area contributed by atoms with Gasteiger partial charge in [0, 0.05) is 42.3 Å². The molecule has 2 amide bonds. The van der Waals surface area contributed by atoms with E-state index in [4.69, 9.17) is 4.74 Å². The van der Waals surface area contributed by atoms with E-state index >= 15 is 0 Å². The predicted octanol–water partition coefficient (Wildman–Crippen LogP) is 4.11. The minimum absolute atomic E-state index is 0.323. The Morgan fingerprint density at radius 2 is 1.91 bits per heavy atom. The van der Waals surface area contributed by atoms with Gasteiger partial charge in [0.05, 0.1) is 12.0 Å². The number of fused-ring (bicyclic) bond motifs is 1.